The third-order valence-electron chi connectivity index (χ3n) is 5.60. The number of fused-ring (bicyclic) bond motifs is 1. The van der Waals surface area contributed by atoms with Gasteiger partial charge in [0.05, 0.1) is 12.3 Å². The molecule has 1 fully saturated rings. The summed E-state index contributed by atoms with van der Waals surface area (Å²) in [7, 11) is 0. The van der Waals surface area contributed by atoms with Crippen molar-refractivity contribution >= 4 is 23.3 Å². The molecular weight excluding hydrogens is 382 g/mol. The van der Waals surface area contributed by atoms with Gasteiger partial charge in [-0.1, -0.05) is 31.4 Å². The van der Waals surface area contributed by atoms with Crippen LogP contribution in [0.15, 0.2) is 42.6 Å². The number of nitrogens with zero attached hydrogens (tertiary/aromatic N) is 2. The molecule has 1 aliphatic carbocycles. The van der Waals surface area contributed by atoms with Crippen LogP contribution in [-0.2, 0) is 9.59 Å². The Morgan fingerprint density at radius 2 is 2.00 bits per heavy atom. The van der Waals surface area contributed by atoms with Crippen molar-refractivity contribution in [3.8, 4) is 11.5 Å². The van der Waals surface area contributed by atoms with E-state index in [0.29, 0.717) is 35.5 Å². The molecule has 7 nitrogen and oxygen atoms in total. The van der Waals surface area contributed by atoms with Crippen LogP contribution < -0.4 is 19.7 Å². The van der Waals surface area contributed by atoms with Gasteiger partial charge in [0.1, 0.15) is 5.75 Å². The van der Waals surface area contributed by atoms with E-state index in [1.54, 1.807) is 17.2 Å². The first kappa shape index (κ1) is 20.2. The summed E-state index contributed by atoms with van der Waals surface area (Å²) in [6.45, 7) is 0.905. The van der Waals surface area contributed by atoms with Crippen LogP contribution in [0.5, 0.6) is 11.5 Å². The average Bonchev–Trinajstić information content (AvgIpc) is 2.78. The average molecular weight is 409 g/mol. The van der Waals surface area contributed by atoms with Gasteiger partial charge in [-0.05, 0) is 43.0 Å². The third-order valence-corrected chi connectivity index (χ3v) is 5.60. The molecule has 0 unspecified atom stereocenters. The summed E-state index contributed by atoms with van der Waals surface area (Å²) in [4.78, 5) is 30.7. The number of para-hydroxylation sites is 2. The smallest absolute Gasteiger partial charge is 0.265 e. The van der Waals surface area contributed by atoms with Crippen molar-refractivity contribution in [2.24, 2.45) is 5.92 Å². The Hall–Kier alpha value is -3.09. The molecule has 1 saturated carbocycles. The van der Waals surface area contributed by atoms with Gasteiger partial charge in [0.2, 0.25) is 5.91 Å². The number of hydrogen-bond acceptors (Lipinski definition) is 5. The van der Waals surface area contributed by atoms with E-state index in [0.717, 1.165) is 0 Å². The summed E-state index contributed by atoms with van der Waals surface area (Å²) in [6, 6.07) is 11.0. The second kappa shape index (κ2) is 9.61. The van der Waals surface area contributed by atoms with Crippen molar-refractivity contribution in [2.75, 3.05) is 30.0 Å². The van der Waals surface area contributed by atoms with Crippen molar-refractivity contribution in [3.63, 3.8) is 0 Å². The zero-order chi connectivity index (χ0) is 20.8. The number of ether oxygens (including phenoxy) is 2. The fraction of sp³-hybridized carbons (Fsp3) is 0.435. The predicted octanol–water partition coefficient (Wildman–Crippen LogP) is 3.79. The Morgan fingerprint density at radius 1 is 1.17 bits per heavy atom. The lowest BCUT2D eigenvalue weighted by Gasteiger charge is -2.29. The molecule has 7 heteroatoms. The minimum absolute atomic E-state index is 0.0158. The topological polar surface area (TPSA) is 80.8 Å². The predicted molar refractivity (Wildman–Crippen MR) is 114 cm³/mol. The molecule has 0 spiro atoms. The normalized spacial score (nSPS) is 16.5. The van der Waals surface area contributed by atoms with Crippen molar-refractivity contribution in [2.45, 2.75) is 38.5 Å². The molecule has 30 heavy (non-hydrogen) atoms. The third kappa shape index (κ3) is 4.90. The second-order valence-corrected chi connectivity index (χ2v) is 7.77. The van der Waals surface area contributed by atoms with Crippen LogP contribution in [0.25, 0.3) is 0 Å². The Morgan fingerprint density at radius 3 is 2.87 bits per heavy atom. The van der Waals surface area contributed by atoms with Gasteiger partial charge in [-0.2, -0.15) is 0 Å². The molecule has 0 atom stereocenters. The van der Waals surface area contributed by atoms with E-state index in [4.69, 9.17) is 9.47 Å². The van der Waals surface area contributed by atoms with Gasteiger partial charge in [0, 0.05) is 19.2 Å². The van der Waals surface area contributed by atoms with Crippen LogP contribution in [0.3, 0.4) is 0 Å². The minimum atomic E-state index is -0.215. The lowest BCUT2D eigenvalue weighted by molar-refractivity contribution is -0.121. The number of amides is 2. The molecule has 0 saturated heterocycles. The Kier molecular flexibility index (Phi) is 6.47. The highest BCUT2D eigenvalue weighted by molar-refractivity contribution is 5.99. The first-order valence-electron chi connectivity index (χ1n) is 10.6. The largest absolute Gasteiger partial charge is 0.489 e. The second-order valence-electron chi connectivity index (χ2n) is 7.77. The zero-order valence-corrected chi connectivity index (χ0v) is 17.0. The summed E-state index contributed by atoms with van der Waals surface area (Å²) in [5.74, 6) is 1.86. The molecule has 2 aliphatic rings. The molecule has 1 aliphatic heterocycles. The summed E-state index contributed by atoms with van der Waals surface area (Å²) < 4.78 is 11.4. The number of carbonyl (C=O) groups is 2. The van der Waals surface area contributed by atoms with Gasteiger partial charge >= 0.3 is 0 Å². The van der Waals surface area contributed by atoms with Crippen LogP contribution >= 0.6 is 0 Å². The minimum Gasteiger partial charge on any atom is -0.489 e. The van der Waals surface area contributed by atoms with Crippen LogP contribution in [0.1, 0.15) is 38.5 Å². The number of hydrogen-bond donors (Lipinski definition) is 1. The van der Waals surface area contributed by atoms with Gasteiger partial charge in [-0.25, -0.2) is 4.98 Å². The number of carbonyl (C=O) groups excluding carboxylic acids is 2. The van der Waals surface area contributed by atoms with Crippen LogP contribution in [0.2, 0.25) is 0 Å². The van der Waals surface area contributed by atoms with Gasteiger partial charge in [-0.15, -0.1) is 0 Å². The molecular formula is C23H27N3O4. The zero-order valence-electron chi connectivity index (χ0n) is 17.0. The van der Waals surface area contributed by atoms with Crippen LogP contribution in [0, 0.1) is 5.92 Å². The Bertz CT molecular complexity index is 896. The molecule has 1 aromatic heterocycles. The Balaban J connectivity index is 1.34. The highest BCUT2D eigenvalue weighted by atomic mass is 16.5. The van der Waals surface area contributed by atoms with Crippen molar-refractivity contribution in [3.05, 3.63) is 42.6 Å². The number of nitrogens with one attached hydrogen (secondary N) is 1. The van der Waals surface area contributed by atoms with Gasteiger partial charge < -0.3 is 19.7 Å². The monoisotopic (exact) mass is 409 g/mol. The number of benzene rings is 1. The van der Waals surface area contributed by atoms with E-state index in [1.165, 1.54) is 32.1 Å². The van der Waals surface area contributed by atoms with Gasteiger partial charge in [0.15, 0.2) is 18.2 Å². The van der Waals surface area contributed by atoms with E-state index < -0.39 is 0 Å². The summed E-state index contributed by atoms with van der Waals surface area (Å²) in [6.07, 6.45) is 7.99. The first-order chi connectivity index (χ1) is 14.7. The molecule has 1 aromatic carbocycles. The van der Waals surface area contributed by atoms with E-state index in [2.05, 4.69) is 10.3 Å². The van der Waals surface area contributed by atoms with E-state index in [1.807, 2.05) is 30.3 Å². The number of rotatable bonds is 7. The maximum Gasteiger partial charge on any atom is 0.265 e. The summed E-state index contributed by atoms with van der Waals surface area (Å²) in [5, 5.41) is 2.83. The van der Waals surface area contributed by atoms with E-state index >= 15 is 0 Å². The Labute approximate surface area is 176 Å². The molecule has 0 radical (unpaired) electrons. The van der Waals surface area contributed by atoms with Crippen LogP contribution in [-0.4, -0.2) is 36.6 Å². The van der Waals surface area contributed by atoms with Crippen molar-refractivity contribution in [1.29, 1.82) is 0 Å². The molecule has 2 heterocycles. The van der Waals surface area contributed by atoms with Gasteiger partial charge in [-0.3, -0.25) is 9.59 Å². The molecule has 2 aromatic rings. The molecule has 4 rings (SSSR count). The quantitative estimate of drug-likeness (QED) is 0.752. The standard InChI is InChI=1S/C23H27N3O4/c27-21(12-14-26-18-9-4-5-10-19(18)30-16-22(26)28)25-23-20(11-6-13-24-23)29-15-17-7-2-1-3-8-17/h4-6,9-11,13,17H,1-3,7-8,12,14-16H2,(H,24,25,27). The molecule has 158 valence electrons. The van der Waals surface area contributed by atoms with Gasteiger partial charge in [0.25, 0.3) is 5.91 Å². The molecule has 0 bridgehead atoms. The highest BCUT2D eigenvalue weighted by Gasteiger charge is 2.25. The molecule has 1 N–H and O–H groups in total. The maximum atomic E-state index is 12.6. The number of anilines is 2. The fourth-order valence-electron chi connectivity index (χ4n) is 3.97. The number of aromatic nitrogens is 1. The number of pyridine rings is 1. The van der Waals surface area contributed by atoms with Crippen molar-refractivity contribution < 1.29 is 19.1 Å². The van der Waals surface area contributed by atoms with Crippen LogP contribution in [0.4, 0.5) is 11.5 Å². The lowest BCUT2D eigenvalue weighted by atomic mass is 9.90. The van der Waals surface area contributed by atoms with E-state index in [-0.39, 0.29) is 31.4 Å². The summed E-state index contributed by atoms with van der Waals surface area (Å²) >= 11 is 0. The molecule has 2 amide bonds. The maximum absolute atomic E-state index is 12.6. The lowest BCUT2D eigenvalue weighted by Crippen LogP contribution is -2.40. The SMILES string of the molecule is O=C(CCN1C(=O)COc2ccccc21)Nc1ncccc1OCC1CCCCC1. The highest BCUT2D eigenvalue weighted by Crippen LogP contribution is 2.31. The van der Waals surface area contributed by atoms with E-state index in [9.17, 15) is 9.59 Å². The fourth-order valence-corrected chi connectivity index (χ4v) is 3.97. The summed E-state index contributed by atoms with van der Waals surface area (Å²) in [5.41, 5.74) is 0.691. The first-order valence-corrected chi connectivity index (χ1v) is 10.6. The van der Waals surface area contributed by atoms with Crippen molar-refractivity contribution in [1.82, 2.24) is 4.98 Å².